The summed E-state index contributed by atoms with van der Waals surface area (Å²) < 4.78 is 0. The Bertz CT molecular complexity index is 837. The monoisotopic (exact) mass is 450 g/mol. The Balaban J connectivity index is 2.75. The number of nitro benzene ring substituents is 1. The number of nitro groups is 1. The van der Waals surface area contributed by atoms with E-state index >= 15 is 0 Å². The number of amides is 3. The molecule has 0 spiro atoms. The number of carbonyl (C=O) groups is 3. The normalized spacial score (nSPS) is 12.4. The standard InChI is InChI=1S/C19H30N8O5/c1-11(2)16(20)18(30)24-10-15(28)26-17(29)14(4-3-9-23-19(21)22)25-12-5-7-13(8-6-12)27(31)32/h5-8,11,14,16,25H,3-4,9-10,20H2,1-2H3,(H,24,30)(H4,21,22,23)(H,26,28,29)/t14-,16+/m0/s1. The SMILES string of the molecule is CC(C)[C@@H](N)C(=O)NCC(=O)NC(=O)[C@H](CCCN=C(N)N)Nc1ccc([N+](=O)[O-])cc1. The maximum atomic E-state index is 12.6. The molecule has 1 aromatic carbocycles. The molecular weight excluding hydrogens is 420 g/mol. The summed E-state index contributed by atoms with van der Waals surface area (Å²) in [7, 11) is 0. The smallest absolute Gasteiger partial charge is 0.269 e. The van der Waals surface area contributed by atoms with Gasteiger partial charge in [-0.25, -0.2) is 0 Å². The van der Waals surface area contributed by atoms with Crippen LogP contribution in [-0.4, -0.2) is 53.8 Å². The number of rotatable bonds is 12. The van der Waals surface area contributed by atoms with Crippen LogP contribution in [0.5, 0.6) is 0 Å². The maximum Gasteiger partial charge on any atom is 0.269 e. The first-order chi connectivity index (χ1) is 15.0. The number of carbonyl (C=O) groups excluding carboxylic acids is 3. The fourth-order valence-corrected chi connectivity index (χ4v) is 2.51. The fraction of sp³-hybridized carbons (Fsp3) is 0.474. The van der Waals surface area contributed by atoms with Crippen molar-refractivity contribution in [3.63, 3.8) is 0 Å². The highest BCUT2D eigenvalue weighted by Gasteiger charge is 2.22. The van der Waals surface area contributed by atoms with Crippen molar-refractivity contribution in [3.8, 4) is 0 Å². The molecule has 1 aromatic rings. The number of nitrogens with zero attached hydrogens (tertiary/aromatic N) is 2. The summed E-state index contributed by atoms with van der Waals surface area (Å²) in [4.78, 5) is 50.7. The van der Waals surface area contributed by atoms with Crippen molar-refractivity contribution in [1.82, 2.24) is 10.6 Å². The topological polar surface area (TPSA) is 221 Å². The summed E-state index contributed by atoms with van der Waals surface area (Å²) in [6, 6.07) is 3.84. The van der Waals surface area contributed by atoms with E-state index in [9.17, 15) is 24.5 Å². The van der Waals surface area contributed by atoms with Crippen molar-refractivity contribution in [2.75, 3.05) is 18.4 Å². The van der Waals surface area contributed by atoms with Crippen LogP contribution in [0, 0.1) is 16.0 Å². The molecule has 0 unspecified atom stereocenters. The Morgan fingerprint density at radius 1 is 1.12 bits per heavy atom. The van der Waals surface area contributed by atoms with Crippen LogP contribution in [0.1, 0.15) is 26.7 Å². The average Bonchev–Trinajstić information content (AvgIpc) is 2.73. The van der Waals surface area contributed by atoms with E-state index in [2.05, 4.69) is 20.9 Å². The number of benzene rings is 1. The molecule has 0 heterocycles. The maximum absolute atomic E-state index is 12.6. The van der Waals surface area contributed by atoms with Gasteiger partial charge in [-0.15, -0.1) is 0 Å². The molecule has 3 amide bonds. The van der Waals surface area contributed by atoms with Gasteiger partial charge in [0.1, 0.15) is 6.04 Å². The van der Waals surface area contributed by atoms with Gasteiger partial charge < -0.3 is 27.8 Å². The van der Waals surface area contributed by atoms with Crippen LogP contribution in [0.3, 0.4) is 0 Å². The van der Waals surface area contributed by atoms with Gasteiger partial charge in [-0.1, -0.05) is 13.8 Å². The fourth-order valence-electron chi connectivity index (χ4n) is 2.51. The minimum atomic E-state index is -0.858. The lowest BCUT2D eigenvalue weighted by atomic mass is 10.1. The summed E-state index contributed by atoms with van der Waals surface area (Å²) >= 11 is 0. The third-order valence-electron chi connectivity index (χ3n) is 4.39. The van der Waals surface area contributed by atoms with E-state index in [1.54, 1.807) is 13.8 Å². The minimum Gasteiger partial charge on any atom is -0.374 e. The summed E-state index contributed by atoms with van der Waals surface area (Å²) in [6.45, 7) is 3.39. The zero-order valence-corrected chi connectivity index (χ0v) is 18.0. The van der Waals surface area contributed by atoms with Crippen molar-refractivity contribution in [2.45, 2.75) is 38.8 Å². The first-order valence-electron chi connectivity index (χ1n) is 9.94. The molecule has 0 aliphatic heterocycles. The van der Waals surface area contributed by atoms with Gasteiger partial charge in [0.05, 0.1) is 17.5 Å². The van der Waals surface area contributed by atoms with E-state index < -0.39 is 41.3 Å². The van der Waals surface area contributed by atoms with Crippen molar-refractivity contribution < 1.29 is 19.3 Å². The van der Waals surface area contributed by atoms with E-state index in [0.29, 0.717) is 12.1 Å². The van der Waals surface area contributed by atoms with E-state index in [-0.39, 0.29) is 30.5 Å². The Kier molecular flexibility index (Phi) is 10.6. The van der Waals surface area contributed by atoms with Crippen molar-refractivity contribution in [3.05, 3.63) is 34.4 Å². The predicted molar refractivity (Wildman–Crippen MR) is 119 cm³/mol. The summed E-state index contributed by atoms with van der Waals surface area (Å²) in [5.74, 6) is -2.04. The van der Waals surface area contributed by atoms with Crippen LogP contribution in [0.25, 0.3) is 0 Å². The third kappa shape index (κ3) is 9.38. The molecule has 0 aliphatic rings. The molecule has 32 heavy (non-hydrogen) atoms. The van der Waals surface area contributed by atoms with Gasteiger partial charge in [0.15, 0.2) is 5.96 Å². The van der Waals surface area contributed by atoms with E-state index in [1.165, 1.54) is 24.3 Å². The van der Waals surface area contributed by atoms with E-state index in [0.717, 1.165) is 0 Å². The van der Waals surface area contributed by atoms with Crippen molar-refractivity contribution in [1.29, 1.82) is 0 Å². The number of nitrogens with two attached hydrogens (primary N) is 3. The van der Waals surface area contributed by atoms with Crippen LogP contribution in [-0.2, 0) is 14.4 Å². The number of hydrogen-bond acceptors (Lipinski definition) is 8. The summed E-state index contributed by atoms with van der Waals surface area (Å²) in [5.41, 5.74) is 16.6. The lowest BCUT2D eigenvalue weighted by Gasteiger charge is -2.19. The quantitative estimate of drug-likeness (QED) is 0.0767. The zero-order chi connectivity index (χ0) is 24.3. The molecule has 176 valence electrons. The van der Waals surface area contributed by atoms with E-state index in [1.807, 2.05) is 0 Å². The summed E-state index contributed by atoms with van der Waals surface area (Å²) in [5, 5.41) is 18.3. The van der Waals surface area contributed by atoms with Gasteiger partial charge in [-0.3, -0.25) is 34.8 Å². The lowest BCUT2D eigenvalue weighted by molar-refractivity contribution is -0.384. The largest absolute Gasteiger partial charge is 0.374 e. The van der Waals surface area contributed by atoms with Crippen LogP contribution in [0.2, 0.25) is 0 Å². The first kappa shape index (κ1) is 26.3. The van der Waals surface area contributed by atoms with E-state index in [4.69, 9.17) is 17.2 Å². The second kappa shape index (κ2) is 12.8. The highest BCUT2D eigenvalue weighted by molar-refractivity contribution is 6.00. The number of imide groups is 1. The number of nitrogens with one attached hydrogen (secondary N) is 3. The number of aliphatic imine (C=N–C) groups is 1. The third-order valence-corrected chi connectivity index (χ3v) is 4.39. The van der Waals surface area contributed by atoms with Gasteiger partial charge >= 0.3 is 0 Å². The molecule has 0 saturated heterocycles. The summed E-state index contributed by atoms with van der Waals surface area (Å²) in [6.07, 6.45) is 0.682. The van der Waals surface area contributed by atoms with Crippen molar-refractivity contribution >= 4 is 35.1 Å². The Labute approximate surface area is 185 Å². The molecule has 9 N–H and O–H groups in total. The van der Waals surface area contributed by atoms with Crippen LogP contribution in [0.15, 0.2) is 29.3 Å². The second-order valence-corrected chi connectivity index (χ2v) is 7.35. The molecule has 1 rings (SSSR count). The highest BCUT2D eigenvalue weighted by Crippen LogP contribution is 2.17. The minimum absolute atomic E-state index is 0.0835. The van der Waals surface area contributed by atoms with Crippen molar-refractivity contribution in [2.24, 2.45) is 28.1 Å². The molecule has 13 nitrogen and oxygen atoms in total. The molecule has 2 atom stereocenters. The van der Waals surface area contributed by atoms with Gasteiger partial charge in [-0.05, 0) is 30.9 Å². The van der Waals surface area contributed by atoms with Gasteiger partial charge in [0.25, 0.3) is 5.69 Å². The van der Waals surface area contributed by atoms with Gasteiger partial charge in [0.2, 0.25) is 17.7 Å². The Morgan fingerprint density at radius 3 is 2.28 bits per heavy atom. The average molecular weight is 451 g/mol. The number of non-ortho nitro benzene ring substituents is 1. The molecule has 0 aliphatic carbocycles. The highest BCUT2D eigenvalue weighted by atomic mass is 16.6. The molecule has 13 heteroatoms. The zero-order valence-electron chi connectivity index (χ0n) is 18.0. The number of guanidine groups is 1. The molecule has 0 radical (unpaired) electrons. The molecular formula is C19H30N8O5. The first-order valence-corrected chi connectivity index (χ1v) is 9.94. The second-order valence-electron chi connectivity index (χ2n) is 7.35. The molecule has 0 fully saturated rings. The molecule has 0 bridgehead atoms. The Hall–Kier alpha value is -3.74. The molecule has 0 saturated carbocycles. The van der Waals surface area contributed by atoms with Crippen LogP contribution >= 0.6 is 0 Å². The van der Waals surface area contributed by atoms with Gasteiger partial charge in [0, 0.05) is 24.4 Å². The van der Waals surface area contributed by atoms with Crippen LogP contribution < -0.4 is 33.2 Å². The number of hydrogen-bond donors (Lipinski definition) is 6. The number of anilines is 1. The lowest BCUT2D eigenvalue weighted by Crippen LogP contribution is -2.49. The van der Waals surface area contributed by atoms with Crippen LogP contribution in [0.4, 0.5) is 11.4 Å². The Morgan fingerprint density at radius 2 is 1.75 bits per heavy atom. The molecule has 0 aromatic heterocycles. The predicted octanol–water partition coefficient (Wildman–Crippen LogP) is -0.829. The van der Waals surface area contributed by atoms with Gasteiger partial charge in [-0.2, -0.15) is 0 Å².